The van der Waals surface area contributed by atoms with Gasteiger partial charge in [-0.25, -0.2) is 0 Å². The fourth-order valence-corrected chi connectivity index (χ4v) is 7.16. The molecule has 204 valence electrons. The van der Waals surface area contributed by atoms with Crippen LogP contribution in [0.15, 0.2) is 60.7 Å². The zero-order valence-corrected chi connectivity index (χ0v) is 26.5. The summed E-state index contributed by atoms with van der Waals surface area (Å²) >= 11 is 0. The van der Waals surface area contributed by atoms with Crippen molar-refractivity contribution in [3.05, 3.63) is 71.8 Å². The van der Waals surface area contributed by atoms with Gasteiger partial charge in [-0.3, -0.25) is 0 Å². The zero-order chi connectivity index (χ0) is 25.0. The predicted octanol–water partition coefficient (Wildman–Crippen LogP) is 11.8. The van der Waals surface area contributed by atoms with Crippen LogP contribution in [-0.4, -0.2) is 18.5 Å². The van der Waals surface area contributed by atoms with Gasteiger partial charge in [-0.1, -0.05) is 164 Å². The molecule has 0 aliphatic carbocycles. The summed E-state index contributed by atoms with van der Waals surface area (Å²) in [5.74, 6) is 0. The molecule has 0 amide bonds. The normalized spacial score (nSPS) is 11.6. The zero-order valence-electron chi connectivity index (χ0n) is 23.9. The summed E-state index contributed by atoms with van der Waals surface area (Å²) in [6, 6.07) is 22.5. The van der Waals surface area contributed by atoms with E-state index in [0.29, 0.717) is 5.16 Å². The maximum Gasteiger partial charge on any atom is -0.00187 e. The van der Waals surface area contributed by atoms with E-state index in [1.807, 2.05) is 0 Å². The van der Waals surface area contributed by atoms with Crippen LogP contribution in [0.4, 0.5) is 0 Å². The molecule has 0 heterocycles. The standard InChI is InChI=1S/C34H55P.BrH/c1-4-5-6-7-8-9-10-11-12-13-14-15-16-17-24-29-34(35(2)3,30-32-25-20-18-21-26-32)31-33-27-22-19-23-28-33;/h18-23,25-28H,4-17,24,29-31H2,1-3H3;1H. The summed E-state index contributed by atoms with van der Waals surface area (Å²) in [7, 11) is -0.0382. The SMILES string of the molecule is Br.CCCCCCCCCCCCCCCCCC(Cc1ccccc1)(Cc1ccccc1)P(C)C. The Hall–Kier alpha value is -0.650. The van der Waals surface area contributed by atoms with E-state index in [0.717, 1.165) is 0 Å². The van der Waals surface area contributed by atoms with Crippen molar-refractivity contribution < 1.29 is 0 Å². The van der Waals surface area contributed by atoms with Gasteiger partial charge < -0.3 is 0 Å². The highest BCUT2D eigenvalue weighted by Gasteiger charge is 2.33. The van der Waals surface area contributed by atoms with Crippen LogP contribution in [0.5, 0.6) is 0 Å². The Balaban J connectivity index is 0.00000648. The van der Waals surface area contributed by atoms with Crippen LogP contribution in [0.25, 0.3) is 0 Å². The highest BCUT2D eigenvalue weighted by atomic mass is 79.9. The molecule has 36 heavy (non-hydrogen) atoms. The summed E-state index contributed by atoms with van der Waals surface area (Å²) in [6.07, 6.45) is 25.4. The summed E-state index contributed by atoms with van der Waals surface area (Å²) < 4.78 is 0. The highest BCUT2D eigenvalue weighted by molar-refractivity contribution is 8.93. The van der Waals surface area contributed by atoms with Gasteiger partial charge in [0.15, 0.2) is 0 Å². The lowest BCUT2D eigenvalue weighted by atomic mass is 9.87. The fourth-order valence-electron chi connectivity index (χ4n) is 5.56. The van der Waals surface area contributed by atoms with Crippen LogP contribution in [-0.2, 0) is 12.8 Å². The van der Waals surface area contributed by atoms with Crippen molar-refractivity contribution in [3.8, 4) is 0 Å². The second-order valence-electron chi connectivity index (χ2n) is 11.1. The Morgan fingerprint density at radius 3 is 1.17 bits per heavy atom. The monoisotopic (exact) mass is 574 g/mol. The first kappa shape index (κ1) is 33.4. The van der Waals surface area contributed by atoms with Crippen LogP contribution in [0.3, 0.4) is 0 Å². The molecule has 0 nitrogen and oxygen atoms in total. The Labute approximate surface area is 237 Å². The molecule has 2 aromatic carbocycles. The number of hydrogen-bond acceptors (Lipinski definition) is 0. The van der Waals surface area contributed by atoms with E-state index >= 15 is 0 Å². The van der Waals surface area contributed by atoms with Gasteiger partial charge in [-0.05, 0) is 48.9 Å². The minimum atomic E-state index is -0.0382. The molecule has 0 fully saturated rings. The molecule has 0 N–H and O–H groups in total. The van der Waals surface area contributed by atoms with E-state index < -0.39 is 0 Å². The molecule has 2 rings (SSSR count). The Bertz CT molecular complexity index is 686. The molecule has 0 atom stereocenters. The molecular weight excluding hydrogens is 519 g/mol. The topological polar surface area (TPSA) is 0 Å². The van der Waals surface area contributed by atoms with Gasteiger partial charge in [0.05, 0.1) is 0 Å². The molecule has 0 radical (unpaired) electrons. The van der Waals surface area contributed by atoms with Crippen LogP contribution >= 0.6 is 24.9 Å². The van der Waals surface area contributed by atoms with Gasteiger partial charge in [0.2, 0.25) is 0 Å². The molecule has 0 aliphatic rings. The lowest BCUT2D eigenvalue weighted by Gasteiger charge is -2.39. The molecule has 2 heteroatoms. The number of hydrogen-bond donors (Lipinski definition) is 0. The van der Waals surface area contributed by atoms with E-state index in [1.54, 1.807) is 0 Å². The van der Waals surface area contributed by atoms with Crippen LogP contribution in [0.1, 0.15) is 121 Å². The van der Waals surface area contributed by atoms with Crippen molar-refractivity contribution in [2.75, 3.05) is 13.3 Å². The van der Waals surface area contributed by atoms with Crippen LogP contribution in [0, 0.1) is 0 Å². The molecule has 0 saturated carbocycles. The number of halogens is 1. The molecule has 0 unspecified atom stereocenters. The summed E-state index contributed by atoms with van der Waals surface area (Å²) in [6.45, 7) is 7.34. The number of unbranched alkanes of at least 4 members (excludes halogenated alkanes) is 14. The maximum absolute atomic E-state index is 2.52. The van der Waals surface area contributed by atoms with E-state index in [1.165, 1.54) is 127 Å². The predicted molar refractivity (Wildman–Crippen MR) is 172 cm³/mol. The summed E-state index contributed by atoms with van der Waals surface area (Å²) in [5, 5.41) is 0.411. The Kier molecular flexibility index (Phi) is 19.8. The minimum Gasteiger partial charge on any atom is -0.114 e. The van der Waals surface area contributed by atoms with Crippen molar-refractivity contribution in [2.24, 2.45) is 0 Å². The van der Waals surface area contributed by atoms with Crippen molar-refractivity contribution >= 4 is 24.9 Å². The number of rotatable bonds is 21. The van der Waals surface area contributed by atoms with Crippen molar-refractivity contribution in [3.63, 3.8) is 0 Å². The van der Waals surface area contributed by atoms with Gasteiger partial charge in [-0.2, -0.15) is 0 Å². The first-order valence-corrected chi connectivity index (χ1v) is 17.2. The van der Waals surface area contributed by atoms with Crippen molar-refractivity contribution in [2.45, 2.75) is 128 Å². The van der Waals surface area contributed by atoms with Gasteiger partial charge >= 0.3 is 0 Å². The van der Waals surface area contributed by atoms with E-state index in [-0.39, 0.29) is 24.9 Å². The molecule has 0 spiro atoms. The van der Waals surface area contributed by atoms with E-state index in [2.05, 4.69) is 80.9 Å². The lowest BCUT2D eigenvalue weighted by molar-refractivity contribution is 0.475. The molecule has 0 aromatic heterocycles. The van der Waals surface area contributed by atoms with Gasteiger partial charge in [0, 0.05) is 0 Å². The van der Waals surface area contributed by atoms with Gasteiger partial charge in [0.25, 0.3) is 0 Å². The van der Waals surface area contributed by atoms with E-state index in [9.17, 15) is 0 Å². The molecule has 0 bridgehead atoms. The Morgan fingerprint density at radius 2 is 0.833 bits per heavy atom. The first-order valence-electron chi connectivity index (χ1n) is 14.9. The fraction of sp³-hybridized carbons (Fsp3) is 0.647. The van der Waals surface area contributed by atoms with Crippen LogP contribution in [0.2, 0.25) is 0 Å². The van der Waals surface area contributed by atoms with Crippen LogP contribution < -0.4 is 0 Å². The highest BCUT2D eigenvalue weighted by Crippen LogP contribution is 2.50. The third kappa shape index (κ3) is 14.3. The third-order valence-corrected chi connectivity index (χ3v) is 10.4. The summed E-state index contributed by atoms with van der Waals surface area (Å²) in [5.41, 5.74) is 3.03. The third-order valence-electron chi connectivity index (χ3n) is 7.95. The molecule has 2 aromatic rings. The molecule has 0 aliphatic heterocycles. The average molecular weight is 576 g/mol. The summed E-state index contributed by atoms with van der Waals surface area (Å²) in [4.78, 5) is 0. The van der Waals surface area contributed by atoms with Crippen molar-refractivity contribution in [1.82, 2.24) is 0 Å². The molecule has 0 saturated heterocycles. The second kappa shape index (κ2) is 21.3. The first-order chi connectivity index (χ1) is 17.2. The smallest absolute Gasteiger partial charge is 0.00187 e. The molecular formula is C34H56BrP. The van der Waals surface area contributed by atoms with Crippen molar-refractivity contribution in [1.29, 1.82) is 0 Å². The minimum absolute atomic E-state index is 0. The van der Waals surface area contributed by atoms with E-state index in [4.69, 9.17) is 0 Å². The van der Waals surface area contributed by atoms with Gasteiger partial charge in [0.1, 0.15) is 0 Å². The lowest BCUT2D eigenvalue weighted by Crippen LogP contribution is -2.32. The second-order valence-corrected chi connectivity index (χ2v) is 13.9. The Morgan fingerprint density at radius 1 is 0.500 bits per heavy atom. The number of benzene rings is 2. The average Bonchev–Trinajstić information content (AvgIpc) is 2.87. The van der Waals surface area contributed by atoms with Gasteiger partial charge in [-0.15, -0.1) is 24.9 Å². The quantitative estimate of drug-likeness (QED) is 0.103. The largest absolute Gasteiger partial charge is 0.114 e. The maximum atomic E-state index is 2.52.